The summed E-state index contributed by atoms with van der Waals surface area (Å²) >= 11 is 0. The van der Waals surface area contributed by atoms with Gasteiger partial charge in [-0.15, -0.1) is 0 Å². The summed E-state index contributed by atoms with van der Waals surface area (Å²) in [5.41, 5.74) is 1.28. The summed E-state index contributed by atoms with van der Waals surface area (Å²) in [6, 6.07) is 14.6. The van der Waals surface area contributed by atoms with Crippen LogP contribution in [0, 0.1) is 0 Å². The standard InChI is InChI=1S/C28H36N4O4S/c1-30(19-21-10-6-4-7-11-21)17-16-29-28(34)25-20-31(2)26-15-14-23(18-24(26)27(25)33)37(35,36)32(3)22-12-8-5-9-13-22/h4,6-7,10-11,14-15,18,20,22H,5,8-9,12-13,16-17,19H2,1-3H3,(H,29,34). The van der Waals surface area contributed by atoms with Crippen molar-refractivity contribution in [3.05, 3.63) is 76.1 Å². The SMILES string of the molecule is CN(CCNC(=O)c1cn(C)c2ccc(S(=O)(=O)N(C)C3CCCCC3)cc2c1=O)Cc1ccccc1. The Hall–Kier alpha value is -3.01. The van der Waals surface area contributed by atoms with Crippen LogP contribution in [0.3, 0.4) is 0 Å². The molecule has 1 N–H and O–H groups in total. The second-order valence-electron chi connectivity index (χ2n) is 9.95. The highest BCUT2D eigenvalue weighted by molar-refractivity contribution is 7.89. The topological polar surface area (TPSA) is 91.7 Å². The van der Waals surface area contributed by atoms with Crippen LogP contribution in [-0.4, -0.2) is 61.3 Å². The molecule has 1 amide bonds. The van der Waals surface area contributed by atoms with Crippen LogP contribution in [0.1, 0.15) is 48.0 Å². The molecule has 2 aromatic carbocycles. The number of hydrogen-bond donors (Lipinski definition) is 1. The van der Waals surface area contributed by atoms with Gasteiger partial charge in [-0.05, 0) is 43.7 Å². The van der Waals surface area contributed by atoms with Crippen LogP contribution in [-0.2, 0) is 23.6 Å². The van der Waals surface area contributed by atoms with Crippen molar-refractivity contribution in [2.24, 2.45) is 7.05 Å². The molecule has 1 aliphatic carbocycles. The van der Waals surface area contributed by atoms with Gasteiger partial charge in [-0.25, -0.2) is 8.42 Å². The molecule has 0 spiro atoms. The number of nitrogens with zero attached hydrogens (tertiary/aromatic N) is 3. The van der Waals surface area contributed by atoms with Crippen molar-refractivity contribution in [3.63, 3.8) is 0 Å². The van der Waals surface area contributed by atoms with E-state index in [1.807, 2.05) is 25.2 Å². The monoisotopic (exact) mass is 524 g/mol. The third kappa shape index (κ3) is 6.11. The molecule has 1 aromatic heterocycles. The number of hydrogen-bond acceptors (Lipinski definition) is 5. The lowest BCUT2D eigenvalue weighted by atomic mass is 9.96. The molecule has 0 bridgehead atoms. The summed E-state index contributed by atoms with van der Waals surface area (Å²) in [6.07, 6.45) is 6.36. The number of pyridine rings is 1. The van der Waals surface area contributed by atoms with E-state index in [0.29, 0.717) is 18.6 Å². The Labute approximate surface area is 218 Å². The van der Waals surface area contributed by atoms with Crippen LogP contribution >= 0.6 is 0 Å². The van der Waals surface area contributed by atoms with Crippen molar-refractivity contribution in [2.45, 2.75) is 49.6 Å². The zero-order valence-electron chi connectivity index (χ0n) is 21.8. The van der Waals surface area contributed by atoms with Gasteiger partial charge in [-0.2, -0.15) is 4.31 Å². The van der Waals surface area contributed by atoms with E-state index in [4.69, 9.17) is 0 Å². The molecule has 0 aliphatic heterocycles. The number of carbonyl (C=O) groups is 1. The average molecular weight is 525 g/mol. The van der Waals surface area contributed by atoms with E-state index in [0.717, 1.165) is 38.6 Å². The van der Waals surface area contributed by atoms with Crippen molar-refractivity contribution in [3.8, 4) is 0 Å². The number of rotatable bonds is 9. The summed E-state index contributed by atoms with van der Waals surface area (Å²) < 4.78 is 29.9. The Kier molecular flexibility index (Phi) is 8.46. The highest BCUT2D eigenvalue weighted by Crippen LogP contribution is 2.27. The number of carbonyl (C=O) groups excluding carboxylic acids is 1. The van der Waals surface area contributed by atoms with Gasteiger partial charge in [-0.3, -0.25) is 9.59 Å². The van der Waals surface area contributed by atoms with Gasteiger partial charge >= 0.3 is 0 Å². The minimum atomic E-state index is -3.76. The minimum Gasteiger partial charge on any atom is -0.351 e. The van der Waals surface area contributed by atoms with Gasteiger partial charge in [0, 0.05) is 51.4 Å². The minimum absolute atomic E-state index is 0.00380. The molecular formula is C28H36N4O4S. The molecule has 1 aliphatic rings. The molecule has 1 fully saturated rings. The summed E-state index contributed by atoms with van der Waals surface area (Å²) in [6.45, 7) is 1.75. The Balaban J connectivity index is 1.51. The van der Waals surface area contributed by atoms with Gasteiger partial charge in [0.1, 0.15) is 5.56 Å². The molecule has 8 nitrogen and oxygen atoms in total. The summed E-state index contributed by atoms with van der Waals surface area (Å²) in [7, 11) is 1.57. The lowest BCUT2D eigenvalue weighted by molar-refractivity contribution is 0.0948. The first kappa shape index (κ1) is 27.0. The number of aryl methyl sites for hydroxylation is 1. The molecule has 3 aromatic rings. The molecule has 0 atom stereocenters. The predicted octanol–water partition coefficient (Wildman–Crippen LogP) is 3.35. The van der Waals surface area contributed by atoms with Crippen molar-refractivity contribution >= 4 is 26.8 Å². The highest BCUT2D eigenvalue weighted by atomic mass is 32.2. The fraction of sp³-hybridized carbons (Fsp3) is 0.429. The number of benzene rings is 2. The zero-order valence-corrected chi connectivity index (χ0v) is 22.6. The molecule has 37 heavy (non-hydrogen) atoms. The van der Waals surface area contributed by atoms with E-state index in [9.17, 15) is 18.0 Å². The molecule has 1 saturated carbocycles. The summed E-state index contributed by atoms with van der Waals surface area (Å²) in [5, 5.41) is 3.05. The molecule has 1 heterocycles. The van der Waals surface area contributed by atoms with E-state index >= 15 is 0 Å². The van der Waals surface area contributed by atoms with Crippen LogP contribution < -0.4 is 10.7 Å². The quantitative estimate of drug-likeness (QED) is 0.464. The van der Waals surface area contributed by atoms with Gasteiger partial charge in [0.25, 0.3) is 5.91 Å². The number of sulfonamides is 1. The van der Waals surface area contributed by atoms with E-state index in [1.54, 1.807) is 30.8 Å². The predicted molar refractivity (Wildman–Crippen MR) is 146 cm³/mol. The molecule has 4 rings (SSSR count). The van der Waals surface area contributed by atoms with E-state index in [2.05, 4.69) is 22.3 Å². The zero-order chi connectivity index (χ0) is 26.6. The first-order valence-electron chi connectivity index (χ1n) is 12.8. The van der Waals surface area contributed by atoms with Crippen molar-refractivity contribution in [1.29, 1.82) is 0 Å². The first-order valence-corrected chi connectivity index (χ1v) is 14.2. The smallest absolute Gasteiger partial charge is 0.256 e. The fourth-order valence-electron chi connectivity index (χ4n) is 5.03. The van der Waals surface area contributed by atoms with Gasteiger partial charge in [0.05, 0.1) is 10.4 Å². The van der Waals surface area contributed by atoms with Crippen LogP contribution in [0.4, 0.5) is 0 Å². The number of fused-ring (bicyclic) bond motifs is 1. The second-order valence-corrected chi connectivity index (χ2v) is 12.0. The van der Waals surface area contributed by atoms with Crippen molar-refractivity contribution in [1.82, 2.24) is 19.1 Å². The number of likely N-dealkylation sites (N-methyl/N-ethyl adjacent to an activating group) is 1. The van der Waals surface area contributed by atoms with Gasteiger partial charge in [0.2, 0.25) is 15.5 Å². The maximum absolute atomic E-state index is 13.4. The van der Waals surface area contributed by atoms with Crippen molar-refractivity contribution < 1.29 is 13.2 Å². The van der Waals surface area contributed by atoms with Gasteiger partial charge < -0.3 is 14.8 Å². The Bertz CT molecular complexity index is 1410. The van der Waals surface area contributed by atoms with E-state index < -0.39 is 21.4 Å². The summed E-state index contributed by atoms with van der Waals surface area (Å²) in [5.74, 6) is -0.469. The molecule has 0 radical (unpaired) electrons. The van der Waals surface area contributed by atoms with Crippen LogP contribution in [0.15, 0.2) is 64.4 Å². The molecule has 198 valence electrons. The van der Waals surface area contributed by atoms with Crippen molar-refractivity contribution in [2.75, 3.05) is 27.2 Å². The Morgan fingerprint density at radius 1 is 1.05 bits per heavy atom. The lowest BCUT2D eigenvalue weighted by Gasteiger charge is -2.30. The molecule has 9 heteroatoms. The Morgan fingerprint density at radius 2 is 1.76 bits per heavy atom. The number of aromatic nitrogens is 1. The average Bonchev–Trinajstić information content (AvgIpc) is 2.91. The maximum atomic E-state index is 13.4. The third-order valence-corrected chi connectivity index (χ3v) is 9.15. The largest absolute Gasteiger partial charge is 0.351 e. The second kappa shape index (κ2) is 11.6. The molecular weight excluding hydrogens is 488 g/mol. The lowest BCUT2D eigenvalue weighted by Crippen LogP contribution is -2.38. The van der Waals surface area contributed by atoms with Crippen LogP contribution in [0.5, 0.6) is 0 Å². The third-order valence-electron chi connectivity index (χ3n) is 7.24. The first-order chi connectivity index (χ1) is 17.7. The highest BCUT2D eigenvalue weighted by Gasteiger charge is 2.29. The number of nitrogens with one attached hydrogen (secondary N) is 1. The Morgan fingerprint density at radius 3 is 2.46 bits per heavy atom. The van der Waals surface area contributed by atoms with E-state index in [1.165, 1.54) is 22.1 Å². The van der Waals surface area contributed by atoms with Gasteiger partial charge in [0.15, 0.2) is 0 Å². The maximum Gasteiger partial charge on any atom is 0.256 e. The van der Waals surface area contributed by atoms with Crippen LogP contribution in [0.25, 0.3) is 10.9 Å². The molecule has 0 unspecified atom stereocenters. The fourth-order valence-corrected chi connectivity index (χ4v) is 6.47. The van der Waals surface area contributed by atoms with Crippen LogP contribution in [0.2, 0.25) is 0 Å². The molecule has 0 saturated heterocycles. The number of amides is 1. The van der Waals surface area contributed by atoms with Gasteiger partial charge in [-0.1, -0.05) is 49.6 Å². The van der Waals surface area contributed by atoms with E-state index in [-0.39, 0.29) is 21.9 Å². The summed E-state index contributed by atoms with van der Waals surface area (Å²) in [4.78, 5) is 28.4. The normalized spacial score (nSPS) is 14.9.